The third-order valence-electron chi connectivity index (χ3n) is 3.92. The van der Waals surface area contributed by atoms with Crippen LogP contribution in [0, 0.1) is 5.82 Å². The molecule has 0 aromatic heterocycles. The van der Waals surface area contributed by atoms with Crippen LogP contribution in [-0.2, 0) is 0 Å². The van der Waals surface area contributed by atoms with Crippen LogP contribution in [0.2, 0.25) is 0 Å². The zero-order valence-electron chi connectivity index (χ0n) is 12.4. The summed E-state index contributed by atoms with van der Waals surface area (Å²) in [5.74, 6) is 0.547. The van der Waals surface area contributed by atoms with E-state index in [9.17, 15) is 4.39 Å². The summed E-state index contributed by atoms with van der Waals surface area (Å²) in [4.78, 5) is 2.15. The molecule has 1 aromatic carbocycles. The molecule has 1 aliphatic rings. The van der Waals surface area contributed by atoms with E-state index < -0.39 is 0 Å². The SMILES string of the molecule is CCC(CC)Oc1ccc(F)cc1N1CCCC(N)C1. The van der Waals surface area contributed by atoms with E-state index in [2.05, 4.69) is 18.7 Å². The van der Waals surface area contributed by atoms with Crippen LogP contribution in [0.3, 0.4) is 0 Å². The van der Waals surface area contributed by atoms with Crippen LogP contribution in [-0.4, -0.2) is 25.2 Å². The van der Waals surface area contributed by atoms with Crippen LogP contribution < -0.4 is 15.4 Å². The fourth-order valence-electron chi connectivity index (χ4n) is 2.70. The van der Waals surface area contributed by atoms with Crippen molar-refractivity contribution in [3.05, 3.63) is 24.0 Å². The van der Waals surface area contributed by atoms with Gasteiger partial charge < -0.3 is 15.4 Å². The molecule has 0 radical (unpaired) electrons. The van der Waals surface area contributed by atoms with Gasteiger partial charge in [0, 0.05) is 25.2 Å². The maximum Gasteiger partial charge on any atom is 0.143 e. The third-order valence-corrected chi connectivity index (χ3v) is 3.92. The minimum Gasteiger partial charge on any atom is -0.488 e. The molecule has 1 atom stereocenters. The molecule has 1 saturated heterocycles. The van der Waals surface area contributed by atoms with Crippen molar-refractivity contribution in [3.8, 4) is 5.75 Å². The van der Waals surface area contributed by atoms with Crippen LogP contribution in [0.1, 0.15) is 39.5 Å². The number of hydrogen-bond acceptors (Lipinski definition) is 3. The second-order valence-electron chi connectivity index (χ2n) is 5.52. The maximum absolute atomic E-state index is 13.6. The zero-order chi connectivity index (χ0) is 14.5. The molecule has 1 fully saturated rings. The standard InChI is InChI=1S/C16H25FN2O/c1-3-14(4-2)20-16-8-7-12(17)10-15(16)19-9-5-6-13(18)11-19/h7-8,10,13-14H,3-6,9,11,18H2,1-2H3. The summed E-state index contributed by atoms with van der Waals surface area (Å²) in [6, 6.07) is 4.93. The lowest BCUT2D eigenvalue weighted by atomic mass is 10.1. The second-order valence-corrected chi connectivity index (χ2v) is 5.52. The van der Waals surface area contributed by atoms with E-state index in [0.717, 1.165) is 50.2 Å². The zero-order valence-corrected chi connectivity index (χ0v) is 12.4. The molecule has 1 aliphatic heterocycles. The predicted octanol–water partition coefficient (Wildman–Crippen LogP) is 3.32. The van der Waals surface area contributed by atoms with Crippen LogP contribution in [0.15, 0.2) is 18.2 Å². The first-order chi connectivity index (χ1) is 9.63. The van der Waals surface area contributed by atoms with Gasteiger partial charge in [-0.25, -0.2) is 4.39 Å². The number of rotatable bonds is 5. The first kappa shape index (κ1) is 15.1. The molecule has 1 aromatic rings. The van der Waals surface area contributed by atoms with Gasteiger partial charge in [0.25, 0.3) is 0 Å². The van der Waals surface area contributed by atoms with Crippen molar-refractivity contribution in [1.82, 2.24) is 0 Å². The summed E-state index contributed by atoms with van der Waals surface area (Å²) >= 11 is 0. The Bertz CT molecular complexity index is 434. The van der Waals surface area contributed by atoms with E-state index in [-0.39, 0.29) is 18.0 Å². The molecule has 0 bridgehead atoms. The summed E-state index contributed by atoms with van der Waals surface area (Å²) in [5, 5.41) is 0. The van der Waals surface area contributed by atoms with Crippen molar-refractivity contribution in [1.29, 1.82) is 0 Å². The number of anilines is 1. The highest BCUT2D eigenvalue weighted by Gasteiger charge is 2.21. The Labute approximate surface area is 120 Å². The van der Waals surface area contributed by atoms with E-state index >= 15 is 0 Å². The Morgan fingerprint density at radius 2 is 2.15 bits per heavy atom. The number of piperidine rings is 1. The number of hydrogen-bond donors (Lipinski definition) is 1. The van der Waals surface area contributed by atoms with Gasteiger partial charge >= 0.3 is 0 Å². The molecule has 0 amide bonds. The molecule has 2 rings (SSSR count). The lowest BCUT2D eigenvalue weighted by Crippen LogP contribution is -2.43. The van der Waals surface area contributed by atoms with Crippen LogP contribution in [0.25, 0.3) is 0 Å². The highest BCUT2D eigenvalue weighted by molar-refractivity contribution is 5.59. The van der Waals surface area contributed by atoms with Gasteiger partial charge in [0.05, 0.1) is 11.8 Å². The average molecular weight is 280 g/mol. The second kappa shape index (κ2) is 6.93. The van der Waals surface area contributed by atoms with Gasteiger partial charge in [0.15, 0.2) is 0 Å². The Kier molecular flexibility index (Phi) is 5.24. The molecule has 1 unspecified atom stereocenters. The number of ether oxygens (including phenoxy) is 1. The van der Waals surface area contributed by atoms with Crippen LogP contribution >= 0.6 is 0 Å². The highest BCUT2D eigenvalue weighted by atomic mass is 19.1. The van der Waals surface area contributed by atoms with E-state index in [4.69, 9.17) is 10.5 Å². The third kappa shape index (κ3) is 3.63. The summed E-state index contributed by atoms with van der Waals surface area (Å²) < 4.78 is 19.6. The summed E-state index contributed by atoms with van der Waals surface area (Å²) in [7, 11) is 0. The first-order valence-electron chi connectivity index (χ1n) is 7.60. The van der Waals surface area contributed by atoms with Gasteiger partial charge in [-0.3, -0.25) is 0 Å². The number of nitrogens with two attached hydrogens (primary N) is 1. The highest BCUT2D eigenvalue weighted by Crippen LogP contribution is 2.32. The number of halogens is 1. The molecule has 0 aliphatic carbocycles. The minimum absolute atomic E-state index is 0.160. The smallest absolute Gasteiger partial charge is 0.143 e. The quantitative estimate of drug-likeness (QED) is 0.899. The maximum atomic E-state index is 13.6. The van der Waals surface area contributed by atoms with Crippen molar-refractivity contribution in [2.45, 2.75) is 51.7 Å². The first-order valence-corrected chi connectivity index (χ1v) is 7.60. The molecular weight excluding hydrogens is 255 g/mol. The Balaban J connectivity index is 2.23. The molecule has 4 heteroatoms. The molecule has 1 heterocycles. The van der Waals surface area contributed by atoms with Gasteiger partial charge in [0.2, 0.25) is 0 Å². The molecule has 0 saturated carbocycles. The Morgan fingerprint density at radius 3 is 2.80 bits per heavy atom. The van der Waals surface area contributed by atoms with Gasteiger partial charge in [0.1, 0.15) is 11.6 Å². The summed E-state index contributed by atoms with van der Waals surface area (Å²) in [5.41, 5.74) is 6.87. The number of nitrogens with zero attached hydrogens (tertiary/aromatic N) is 1. The van der Waals surface area contributed by atoms with E-state index in [1.165, 1.54) is 6.07 Å². The monoisotopic (exact) mass is 280 g/mol. The Morgan fingerprint density at radius 1 is 1.40 bits per heavy atom. The molecule has 112 valence electrons. The molecule has 2 N–H and O–H groups in total. The Hall–Kier alpha value is -1.29. The van der Waals surface area contributed by atoms with Gasteiger partial charge in [-0.2, -0.15) is 0 Å². The largest absolute Gasteiger partial charge is 0.488 e. The fraction of sp³-hybridized carbons (Fsp3) is 0.625. The van der Waals surface area contributed by atoms with Crippen LogP contribution in [0.5, 0.6) is 5.75 Å². The molecule has 20 heavy (non-hydrogen) atoms. The van der Waals surface area contributed by atoms with E-state index in [1.54, 1.807) is 12.1 Å². The van der Waals surface area contributed by atoms with Crippen molar-refractivity contribution < 1.29 is 9.13 Å². The van der Waals surface area contributed by atoms with Gasteiger partial charge in [-0.1, -0.05) is 13.8 Å². The normalized spacial score (nSPS) is 19.4. The van der Waals surface area contributed by atoms with Crippen molar-refractivity contribution in [2.75, 3.05) is 18.0 Å². The van der Waals surface area contributed by atoms with Crippen molar-refractivity contribution in [2.24, 2.45) is 5.73 Å². The lowest BCUT2D eigenvalue weighted by Gasteiger charge is -2.34. The van der Waals surface area contributed by atoms with Crippen molar-refractivity contribution in [3.63, 3.8) is 0 Å². The van der Waals surface area contributed by atoms with Crippen molar-refractivity contribution >= 4 is 5.69 Å². The van der Waals surface area contributed by atoms with E-state index in [1.807, 2.05) is 0 Å². The lowest BCUT2D eigenvalue weighted by molar-refractivity contribution is 0.193. The molecular formula is C16H25FN2O. The fourth-order valence-corrected chi connectivity index (χ4v) is 2.70. The molecule has 3 nitrogen and oxygen atoms in total. The topological polar surface area (TPSA) is 38.5 Å². The van der Waals surface area contributed by atoms with E-state index in [0.29, 0.717) is 0 Å². The minimum atomic E-state index is -0.226. The molecule has 0 spiro atoms. The summed E-state index contributed by atoms with van der Waals surface area (Å²) in [6.07, 6.45) is 4.16. The average Bonchev–Trinajstić information content (AvgIpc) is 2.46. The van der Waals surface area contributed by atoms with Gasteiger partial charge in [-0.05, 0) is 37.8 Å². The predicted molar refractivity (Wildman–Crippen MR) is 80.8 cm³/mol. The van der Waals surface area contributed by atoms with Gasteiger partial charge in [-0.15, -0.1) is 0 Å². The van der Waals surface area contributed by atoms with Crippen LogP contribution in [0.4, 0.5) is 10.1 Å². The number of benzene rings is 1. The summed E-state index contributed by atoms with van der Waals surface area (Å²) in [6.45, 7) is 5.89.